The van der Waals surface area contributed by atoms with Crippen LogP contribution in [0.4, 0.5) is 0 Å². The van der Waals surface area contributed by atoms with Gasteiger partial charge in [0.25, 0.3) is 5.91 Å². The summed E-state index contributed by atoms with van der Waals surface area (Å²) in [6.07, 6.45) is 1.59. The number of likely N-dealkylation sites (tertiary alicyclic amines) is 1. The zero-order chi connectivity index (χ0) is 20.3. The lowest BCUT2D eigenvalue weighted by atomic mass is 9.79. The summed E-state index contributed by atoms with van der Waals surface area (Å²) in [5, 5.41) is 12.1. The van der Waals surface area contributed by atoms with Gasteiger partial charge in [-0.05, 0) is 48.2 Å². The first-order valence-electron chi connectivity index (χ1n) is 9.93. The minimum Gasteiger partial charge on any atom is -0.497 e. The summed E-state index contributed by atoms with van der Waals surface area (Å²) in [6, 6.07) is 26.1. The first kappa shape index (κ1) is 19.2. The lowest BCUT2D eigenvalue weighted by Crippen LogP contribution is -2.50. The minimum atomic E-state index is -1.28. The number of hydrogen-bond acceptors (Lipinski definition) is 3. The van der Waals surface area contributed by atoms with Crippen LogP contribution in [-0.2, 0) is 5.60 Å². The molecule has 1 amide bonds. The van der Waals surface area contributed by atoms with E-state index in [4.69, 9.17) is 4.74 Å². The molecule has 0 saturated carbocycles. The molecular formula is C25H25NO3. The number of hydrogen-bond donors (Lipinski definition) is 1. The summed E-state index contributed by atoms with van der Waals surface area (Å²) >= 11 is 0. The molecule has 1 aliphatic heterocycles. The van der Waals surface area contributed by atoms with Crippen LogP contribution in [0.2, 0.25) is 0 Å². The van der Waals surface area contributed by atoms with Gasteiger partial charge < -0.3 is 14.7 Å². The van der Waals surface area contributed by atoms with E-state index >= 15 is 0 Å². The topological polar surface area (TPSA) is 49.8 Å². The highest BCUT2D eigenvalue weighted by atomic mass is 16.5. The quantitative estimate of drug-likeness (QED) is 0.713. The van der Waals surface area contributed by atoms with Crippen LogP contribution in [0.25, 0.3) is 0 Å². The van der Waals surface area contributed by atoms with Gasteiger partial charge in [0.1, 0.15) is 11.4 Å². The van der Waals surface area contributed by atoms with Gasteiger partial charge in [0.15, 0.2) is 0 Å². The third kappa shape index (κ3) is 3.52. The molecule has 4 rings (SSSR count). The Kier molecular flexibility index (Phi) is 5.36. The fourth-order valence-corrected chi connectivity index (χ4v) is 4.28. The van der Waals surface area contributed by atoms with Crippen LogP contribution in [-0.4, -0.2) is 35.6 Å². The van der Waals surface area contributed by atoms with Gasteiger partial charge in [-0.25, -0.2) is 0 Å². The molecule has 1 fully saturated rings. The second-order valence-electron chi connectivity index (χ2n) is 7.38. The SMILES string of the molecule is COc1ccc(C(=O)N2CCC[C@H]2C(O)(c2ccccc2)c2ccccc2)cc1. The van der Waals surface area contributed by atoms with E-state index in [2.05, 4.69) is 0 Å². The summed E-state index contributed by atoms with van der Waals surface area (Å²) in [5.41, 5.74) is 0.915. The Labute approximate surface area is 171 Å². The maximum atomic E-state index is 13.3. The second-order valence-corrected chi connectivity index (χ2v) is 7.38. The maximum absolute atomic E-state index is 13.3. The minimum absolute atomic E-state index is 0.0690. The van der Waals surface area contributed by atoms with Crippen molar-refractivity contribution in [1.82, 2.24) is 4.90 Å². The number of ether oxygens (including phenoxy) is 1. The Bertz CT molecular complexity index is 915. The van der Waals surface area contributed by atoms with E-state index < -0.39 is 5.60 Å². The van der Waals surface area contributed by atoms with Crippen LogP contribution in [0.3, 0.4) is 0 Å². The molecule has 0 unspecified atom stereocenters. The van der Waals surface area contributed by atoms with Crippen LogP contribution >= 0.6 is 0 Å². The number of carbonyl (C=O) groups excluding carboxylic acids is 1. The Morgan fingerprint density at radius 1 is 0.931 bits per heavy atom. The number of carbonyl (C=O) groups is 1. The van der Waals surface area contributed by atoms with E-state index in [1.807, 2.05) is 65.6 Å². The van der Waals surface area contributed by atoms with E-state index in [9.17, 15) is 9.90 Å². The number of benzene rings is 3. The molecule has 0 bridgehead atoms. The fraction of sp³-hybridized carbons (Fsp3) is 0.240. The largest absolute Gasteiger partial charge is 0.497 e. The van der Waals surface area contributed by atoms with Crippen molar-refractivity contribution in [1.29, 1.82) is 0 Å². The summed E-state index contributed by atoms with van der Waals surface area (Å²) < 4.78 is 5.20. The Hall–Kier alpha value is -3.11. The van der Waals surface area contributed by atoms with Crippen LogP contribution in [0.1, 0.15) is 34.3 Å². The summed E-state index contributed by atoms with van der Waals surface area (Å²) in [6.45, 7) is 0.623. The van der Waals surface area contributed by atoms with Crippen LogP contribution in [0.5, 0.6) is 5.75 Å². The molecule has 4 heteroatoms. The van der Waals surface area contributed by atoms with E-state index in [0.717, 1.165) is 24.0 Å². The Morgan fingerprint density at radius 3 is 2.00 bits per heavy atom. The van der Waals surface area contributed by atoms with Gasteiger partial charge in [-0.2, -0.15) is 0 Å². The molecule has 0 aromatic heterocycles. The molecule has 1 N–H and O–H groups in total. The highest BCUT2D eigenvalue weighted by Gasteiger charge is 2.47. The molecule has 3 aromatic rings. The van der Waals surface area contributed by atoms with Crippen molar-refractivity contribution in [2.45, 2.75) is 24.5 Å². The van der Waals surface area contributed by atoms with Crippen LogP contribution in [0.15, 0.2) is 84.9 Å². The number of methoxy groups -OCH3 is 1. The zero-order valence-electron chi connectivity index (χ0n) is 16.5. The van der Waals surface area contributed by atoms with Crippen LogP contribution < -0.4 is 4.74 Å². The molecule has 148 valence electrons. The molecule has 0 aliphatic carbocycles. The standard InChI is InChI=1S/C25H25NO3/c1-29-22-16-14-19(15-17-22)24(27)26-18-8-13-23(26)25(28,20-9-4-2-5-10-20)21-11-6-3-7-12-21/h2-7,9-12,14-17,23,28H,8,13,18H2,1H3/t23-/m0/s1. The molecule has 0 spiro atoms. The van der Waals surface area contributed by atoms with E-state index in [1.54, 1.807) is 31.4 Å². The van der Waals surface area contributed by atoms with Crippen LogP contribution in [0, 0.1) is 0 Å². The van der Waals surface area contributed by atoms with Gasteiger partial charge in [0, 0.05) is 12.1 Å². The predicted octanol–water partition coefficient (Wildman–Crippen LogP) is 4.24. The molecule has 1 atom stereocenters. The Balaban J connectivity index is 1.75. The van der Waals surface area contributed by atoms with Gasteiger partial charge in [-0.3, -0.25) is 4.79 Å². The molecule has 1 aliphatic rings. The van der Waals surface area contributed by atoms with Crippen molar-refractivity contribution in [2.75, 3.05) is 13.7 Å². The number of amides is 1. The third-order valence-corrected chi connectivity index (χ3v) is 5.76. The van der Waals surface area contributed by atoms with Gasteiger partial charge in [-0.15, -0.1) is 0 Å². The van der Waals surface area contributed by atoms with Crippen molar-refractivity contribution in [3.05, 3.63) is 102 Å². The van der Waals surface area contributed by atoms with Gasteiger partial charge in [0.05, 0.1) is 13.2 Å². The van der Waals surface area contributed by atoms with E-state index in [-0.39, 0.29) is 11.9 Å². The summed E-state index contributed by atoms with van der Waals surface area (Å²) in [4.78, 5) is 15.2. The molecule has 29 heavy (non-hydrogen) atoms. The van der Waals surface area contributed by atoms with E-state index in [1.165, 1.54) is 0 Å². The van der Waals surface area contributed by atoms with Crippen molar-refractivity contribution in [3.63, 3.8) is 0 Å². The second kappa shape index (κ2) is 8.10. The molecule has 1 heterocycles. The van der Waals surface area contributed by atoms with E-state index in [0.29, 0.717) is 17.9 Å². The zero-order valence-corrected chi connectivity index (χ0v) is 16.5. The lowest BCUT2D eigenvalue weighted by Gasteiger charge is -2.40. The summed E-state index contributed by atoms with van der Waals surface area (Å²) in [7, 11) is 1.60. The third-order valence-electron chi connectivity index (χ3n) is 5.76. The highest BCUT2D eigenvalue weighted by Crippen LogP contribution is 2.40. The predicted molar refractivity (Wildman–Crippen MR) is 113 cm³/mol. The smallest absolute Gasteiger partial charge is 0.254 e. The van der Waals surface area contributed by atoms with Crippen molar-refractivity contribution in [3.8, 4) is 5.75 Å². The molecular weight excluding hydrogens is 362 g/mol. The molecule has 4 nitrogen and oxygen atoms in total. The van der Waals surface area contributed by atoms with Crippen molar-refractivity contribution in [2.24, 2.45) is 0 Å². The normalized spacial score (nSPS) is 16.6. The maximum Gasteiger partial charge on any atom is 0.254 e. The van der Waals surface area contributed by atoms with Crippen molar-refractivity contribution < 1.29 is 14.6 Å². The first-order valence-corrected chi connectivity index (χ1v) is 9.93. The average Bonchev–Trinajstić information content (AvgIpc) is 3.30. The van der Waals surface area contributed by atoms with Crippen molar-refractivity contribution >= 4 is 5.91 Å². The van der Waals surface area contributed by atoms with Gasteiger partial charge in [0.2, 0.25) is 0 Å². The summed E-state index contributed by atoms with van der Waals surface area (Å²) in [5.74, 6) is 0.644. The monoisotopic (exact) mass is 387 g/mol. The number of aliphatic hydroxyl groups is 1. The van der Waals surface area contributed by atoms with Gasteiger partial charge in [-0.1, -0.05) is 60.7 Å². The Morgan fingerprint density at radius 2 is 1.48 bits per heavy atom. The fourth-order valence-electron chi connectivity index (χ4n) is 4.28. The number of nitrogens with zero attached hydrogens (tertiary/aromatic N) is 1. The van der Waals surface area contributed by atoms with Gasteiger partial charge >= 0.3 is 0 Å². The average molecular weight is 387 g/mol. The first-order chi connectivity index (χ1) is 14.1. The lowest BCUT2D eigenvalue weighted by molar-refractivity contribution is -0.000721. The molecule has 0 radical (unpaired) electrons. The number of rotatable bonds is 5. The molecule has 1 saturated heterocycles. The molecule has 3 aromatic carbocycles. The highest BCUT2D eigenvalue weighted by molar-refractivity contribution is 5.95.